The fraction of sp³-hybridized carbons (Fsp3) is 0.154. The van der Waals surface area contributed by atoms with E-state index in [0.717, 1.165) is 16.8 Å². The van der Waals surface area contributed by atoms with Crippen molar-refractivity contribution >= 4 is 17.8 Å². The van der Waals surface area contributed by atoms with Gasteiger partial charge in [0.25, 0.3) is 0 Å². The van der Waals surface area contributed by atoms with Crippen molar-refractivity contribution < 1.29 is 23.8 Å². The molecule has 0 fully saturated rings. The van der Waals surface area contributed by atoms with Crippen LogP contribution in [-0.2, 0) is 25.7 Å². The van der Waals surface area contributed by atoms with E-state index >= 15 is 0 Å². The van der Waals surface area contributed by atoms with Crippen LogP contribution < -0.4 is 10.5 Å². The third-order valence-electron chi connectivity index (χ3n) is 5.39. The van der Waals surface area contributed by atoms with Gasteiger partial charge in [-0.3, -0.25) is 14.7 Å². The quantitative estimate of drug-likeness (QED) is 0.293. The molecule has 0 saturated heterocycles. The number of anilines is 1. The van der Waals surface area contributed by atoms with Gasteiger partial charge in [0.05, 0.1) is 36.9 Å². The summed E-state index contributed by atoms with van der Waals surface area (Å²) in [4.78, 5) is 28.7. The van der Waals surface area contributed by atoms with E-state index in [1.165, 1.54) is 14.2 Å². The van der Waals surface area contributed by atoms with Gasteiger partial charge in [0.2, 0.25) is 0 Å². The van der Waals surface area contributed by atoms with Crippen molar-refractivity contribution in [1.29, 1.82) is 0 Å². The summed E-state index contributed by atoms with van der Waals surface area (Å²) in [6, 6.07) is 21.9. The van der Waals surface area contributed by atoms with Crippen molar-refractivity contribution in [2.75, 3.05) is 20.0 Å². The van der Waals surface area contributed by atoms with Crippen LogP contribution in [0.25, 0.3) is 22.5 Å². The van der Waals surface area contributed by atoms with Crippen LogP contribution in [-0.4, -0.2) is 41.3 Å². The van der Waals surface area contributed by atoms with Crippen LogP contribution in [0.3, 0.4) is 0 Å². The van der Waals surface area contributed by atoms with Crippen LogP contribution in [0.2, 0.25) is 0 Å². The lowest BCUT2D eigenvalue weighted by Crippen LogP contribution is -2.24. The van der Waals surface area contributed by atoms with Crippen molar-refractivity contribution in [2.45, 2.75) is 12.5 Å². The highest BCUT2D eigenvalue weighted by Crippen LogP contribution is 2.33. The maximum atomic E-state index is 12.0. The third kappa shape index (κ3) is 5.14. The molecule has 0 aliphatic heterocycles. The Hall–Kier alpha value is -4.66. The van der Waals surface area contributed by atoms with Gasteiger partial charge in [0.1, 0.15) is 12.4 Å². The SMILES string of the molecule is COC(=O)C(C(=O)OC)c1ccc(OCc2cccc(-c3[nH]nc(N)c3-c3ccccc3)n2)cc1. The number of nitrogen functional groups attached to an aromatic ring is 1. The lowest BCUT2D eigenvalue weighted by molar-refractivity contribution is -0.154. The van der Waals surface area contributed by atoms with Gasteiger partial charge in [-0.2, -0.15) is 5.10 Å². The predicted octanol–water partition coefficient (Wildman–Crippen LogP) is 3.73. The van der Waals surface area contributed by atoms with E-state index in [1.54, 1.807) is 24.3 Å². The van der Waals surface area contributed by atoms with E-state index in [0.29, 0.717) is 28.5 Å². The minimum atomic E-state index is -1.15. The number of nitrogens with one attached hydrogen (secondary N) is 1. The largest absolute Gasteiger partial charge is 0.487 e. The number of hydrogen-bond donors (Lipinski definition) is 2. The monoisotopic (exact) mass is 472 g/mol. The molecule has 2 aromatic carbocycles. The summed E-state index contributed by atoms with van der Waals surface area (Å²) < 4.78 is 15.3. The van der Waals surface area contributed by atoms with Gasteiger partial charge in [-0.1, -0.05) is 48.5 Å². The highest BCUT2D eigenvalue weighted by molar-refractivity contribution is 6.00. The first kappa shape index (κ1) is 23.5. The first-order valence-corrected chi connectivity index (χ1v) is 10.8. The minimum Gasteiger partial charge on any atom is -0.487 e. The maximum Gasteiger partial charge on any atom is 0.324 e. The number of aromatic amines is 1. The number of carbonyl (C=O) groups is 2. The second-order valence-corrected chi connectivity index (χ2v) is 7.58. The first-order chi connectivity index (χ1) is 17.0. The lowest BCUT2D eigenvalue weighted by atomic mass is 9.99. The number of hydrogen-bond acceptors (Lipinski definition) is 8. The van der Waals surface area contributed by atoms with Gasteiger partial charge in [-0.05, 0) is 35.4 Å². The normalized spacial score (nSPS) is 10.7. The van der Waals surface area contributed by atoms with Crippen LogP contribution >= 0.6 is 0 Å². The number of carbonyl (C=O) groups excluding carboxylic acids is 2. The maximum absolute atomic E-state index is 12.0. The van der Waals surface area contributed by atoms with Gasteiger partial charge in [0.15, 0.2) is 11.7 Å². The summed E-state index contributed by atoms with van der Waals surface area (Å²) in [5.41, 5.74) is 10.4. The van der Waals surface area contributed by atoms with Gasteiger partial charge >= 0.3 is 11.9 Å². The molecule has 3 N–H and O–H groups in total. The average molecular weight is 473 g/mol. The fourth-order valence-corrected chi connectivity index (χ4v) is 3.66. The molecule has 0 unspecified atom stereocenters. The number of rotatable bonds is 8. The number of nitrogens with zero attached hydrogens (tertiary/aromatic N) is 2. The second kappa shape index (κ2) is 10.5. The van der Waals surface area contributed by atoms with Crippen molar-refractivity contribution in [2.24, 2.45) is 0 Å². The molecule has 9 heteroatoms. The van der Waals surface area contributed by atoms with E-state index in [2.05, 4.69) is 10.2 Å². The standard InChI is InChI=1S/C26H24N4O5/c1-33-25(31)22(26(32)34-2)17-11-13-19(14-12-17)35-15-18-9-6-10-20(28-18)23-21(24(27)30-29-23)16-7-4-3-5-8-16/h3-14,22H,15H2,1-2H3,(H3,27,29,30). The van der Waals surface area contributed by atoms with Gasteiger partial charge < -0.3 is 19.9 Å². The molecule has 0 saturated carbocycles. The molecule has 0 aliphatic carbocycles. The number of esters is 2. The van der Waals surface area contributed by atoms with E-state index in [-0.39, 0.29) is 6.61 Å². The smallest absolute Gasteiger partial charge is 0.324 e. The van der Waals surface area contributed by atoms with Crippen molar-refractivity contribution in [3.05, 3.63) is 84.1 Å². The van der Waals surface area contributed by atoms with Crippen LogP contribution in [0.15, 0.2) is 72.8 Å². The fourth-order valence-electron chi connectivity index (χ4n) is 3.66. The van der Waals surface area contributed by atoms with Crippen molar-refractivity contribution in [3.8, 4) is 28.3 Å². The summed E-state index contributed by atoms with van der Waals surface area (Å²) in [5.74, 6) is -1.60. The Kier molecular flexibility index (Phi) is 7.06. The zero-order valence-electron chi connectivity index (χ0n) is 19.2. The van der Waals surface area contributed by atoms with Crippen molar-refractivity contribution in [1.82, 2.24) is 15.2 Å². The Morgan fingerprint density at radius 3 is 2.26 bits per heavy atom. The number of ether oxygens (including phenoxy) is 3. The molecule has 0 radical (unpaired) electrons. The lowest BCUT2D eigenvalue weighted by Gasteiger charge is -2.13. The molecule has 35 heavy (non-hydrogen) atoms. The molecule has 0 aliphatic rings. The second-order valence-electron chi connectivity index (χ2n) is 7.58. The number of benzene rings is 2. The Morgan fingerprint density at radius 2 is 1.60 bits per heavy atom. The molecule has 0 atom stereocenters. The molecule has 4 aromatic rings. The van der Waals surface area contributed by atoms with Gasteiger partial charge in [0, 0.05) is 0 Å². The zero-order chi connectivity index (χ0) is 24.8. The van der Waals surface area contributed by atoms with Gasteiger partial charge in [-0.15, -0.1) is 0 Å². The summed E-state index contributed by atoms with van der Waals surface area (Å²) >= 11 is 0. The summed E-state index contributed by atoms with van der Waals surface area (Å²) in [5, 5.41) is 7.15. The topological polar surface area (TPSA) is 129 Å². The van der Waals surface area contributed by atoms with Crippen LogP contribution in [0.5, 0.6) is 5.75 Å². The molecule has 0 amide bonds. The first-order valence-electron chi connectivity index (χ1n) is 10.8. The molecule has 2 heterocycles. The third-order valence-corrected chi connectivity index (χ3v) is 5.39. The van der Waals surface area contributed by atoms with E-state index in [4.69, 9.17) is 24.9 Å². The summed E-state index contributed by atoms with van der Waals surface area (Å²) in [7, 11) is 2.44. The highest BCUT2D eigenvalue weighted by Gasteiger charge is 2.30. The minimum absolute atomic E-state index is 0.203. The van der Waals surface area contributed by atoms with Crippen LogP contribution in [0.4, 0.5) is 5.82 Å². The molecule has 9 nitrogen and oxygen atoms in total. The molecule has 4 rings (SSSR count). The highest BCUT2D eigenvalue weighted by atomic mass is 16.5. The summed E-state index contributed by atoms with van der Waals surface area (Å²) in [6.07, 6.45) is 0. The molecular formula is C26H24N4O5. The molecular weight excluding hydrogens is 448 g/mol. The molecule has 0 bridgehead atoms. The average Bonchev–Trinajstić information content (AvgIpc) is 3.30. The molecule has 0 spiro atoms. The number of pyridine rings is 1. The number of nitrogens with two attached hydrogens (primary N) is 1. The van der Waals surface area contributed by atoms with Crippen molar-refractivity contribution in [3.63, 3.8) is 0 Å². The number of H-pyrrole nitrogens is 1. The van der Waals surface area contributed by atoms with E-state index < -0.39 is 17.9 Å². The molecule has 178 valence electrons. The van der Waals surface area contributed by atoms with Gasteiger partial charge in [-0.25, -0.2) is 4.98 Å². The Morgan fingerprint density at radius 1 is 0.914 bits per heavy atom. The predicted molar refractivity (Wildman–Crippen MR) is 129 cm³/mol. The Labute approximate surface area is 201 Å². The Bertz CT molecular complexity index is 1300. The zero-order valence-corrected chi connectivity index (χ0v) is 19.2. The number of aromatic nitrogens is 3. The summed E-state index contributed by atoms with van der Waals surface area (Å²) in [6.45, 7) is 0.203. The number of methoxy groups -OCH3 is 2. The Balaban J connectivity index is 1.50. The van der Waals surface area contributed by atoms with E-state index in [1.807, 2.05) is 48.5 Å². The van der Waals surface area contributed by atoms with E-state index in [9.17, 15) is 9.59 Å². The van der Waals surface area contributed by atoms with Crippen LogP contribution in [0, 0.1) is 0 Å². The molecule has 2 aromatic heterocycles. The van der Waals surface area contributed by atoms with Crippen LogP contribution in [0.1, 0.15) is 17.2 Å².